The number of ketones is 1. The summed E-state index contributed by atoms with van der Waals surface area (Å²) in [4.78, 5) is 14.4. The van der Waals surface area contributed by atoms with Crippen LogP contribution < -0.4 is 0 Å². The van der Waals surface area contributed by atoms with Crippen molar-refractivity contribution in [1.82, 2.24) is 4.98 Å². The van der Waals surface area contributed by atoms with Gasteiger partial charge in [0, 0.05) is 43.5 Å². The van der Waals surface area contributed by atoms with Crippen molar-refractivity contribution in [3.8, 4) is 11.1 Å². The Labute approximate surface area is 177 Å². The SMILES string of the molecule is CC(=O)/C=C(/C)O.OC1(c2ccccn2)c2ccccc2-c2ccccc21.[Ir]. The molecule has 2 aromatic carbocycles. The number of benzene rings is 2. The molecular weight excluding hydrogens is 530 g/mol. The maximum atomic E-state index is 11.4. The van der Waals surface area contributed by atoms with Gasteiger partial charge >= 0.3 is 0 Å². The molecule has 1 aromatic heterocycles. The molecule has 1 aliphatic carbocycles. The molecule has 1 aliphatic rings. The molecule has 0 bridgehead atoms. The number of carbonyl (C=O) groups excluding carboxylic acids is 1. The van der Waals surface area contributed by atoms with E-state index in [1.54, 1.807) is 6.20 Å². The van der Waals surface area contributed by atoms with Crippen molar-refractivity contribution < 1.29 is 35.1 Å². The molecule has 0 amide bonds. The zero-order chi connectivity index (χ0) is 19.4. The number of fused-ring (bicyclic) bond motifs is 3. The summed E-state index contributed by atoms with van der Waals surface area (Å²) in [6.45, 7) is 2.85. The number of pyridine rings is 1. The van der Waals surface area contributed by atoms with E-state index < -0.39 is 5.60 Å². The van der Waals surface area contributed by atoms with E-state index in [1.807, 2.05) is 54.6 Å². The first kappa shape index (κ1) is 21.7. The fourth-order valence-electron chi connectivity index (χ4n) is 3.36. The van der Waals surface area contributed by atoms with E-state index in [9.17, 15) is 9.90 Å². The molecule has 0 spiro atoms. The van der Waals surface area contributed by atoms with Crippen LogP contribution in [0.2, 0.25) is 0 Å². The van der Waals surface area contributed by atoms with Crippen LogP contribution in [0, 0.1) is 0 Å². The number of rotatable bonds is 2. The normalized spacial score (nSPS) is 13.3. The first-order valence-electron chi connectivity index (χ1n) is 8.65. The molecule has 5 heteroatoms. The maximum absolute atomic E-state index is 11.4. The second-order valence-electron chi connectivity index (χ2n) is 6.41. The second-order valence-corrected chi connectivity index (χ2v) is 6.41. The molecule has 0 unspecified atom stereocenters. The molecule has 1 radical (unpaired) electrons. The van der Waals surface area contributed by atoms with Gasteiger partial charge in [0.2, 0.25) is 0 Å². The average molecular weight is 552 g/mol. The van der Waals surface area contributed by atoms with Crippen molar-refractivity contribution in [2.75, 3.05) is 0 Å². The van der Waals surface area contributed by atoms with Crippen LogP contribution in [-0.2, 0) is 30.5 Å². The first-order chi connectivity index (χ1) is 12.9. The molecule has 0 saturated carbocycles. The van der Waals surface area contributed by atoms with Gasteiger partial charge in [-0.2, -0.15) is 0 Å². The predicted molar refractivity (Wildman–Crippen MR) is 105 cm³/mol. The Morgan fingerprint density at radius 2 is 1.39 bits per heavy atom. The average Bonchev–Trinajstić information content (AvgIpc) is 2.93. The van der Waals surface area contributed by atoms with Gasteiger partial charge in [-0.15, -0.1) is 0 Å². The number of allylic oxidation sites excluding steroid dienone is 2. The van der Waals surface area contributed by atoms with Gasteiger partial charge in [0.25, 0.3) is 0 Å². The Hall–Kier alpha value is -2.59. The molecule has 4 rings (SSSR count). The third-order valence-electron chi connectivity index (χ3n) is 4.37. The molecular formula is C23H21IrNO3. The van der Waals surface area contributed by atoms with Crippen LogP contribution in [-0.4, -0.2) is 21.0 Å². The van der Waals surface area contributed by atoms with Gasteiger partial charge in [-0.3, -0.25) is 9.78 Å². The molecule has 0 fully saturated rings. The molecule has 0 atom stereocenters. The van der Waals surface area contributed by atoms with Crippen molar-refractivity contribution in [1.29, 1.82) is 0 Å². The Morgan fingerprint density at radius 3 is 1.79 bits per heavy atom. The van der Waals surface area contributed by atoms with E-state index in [0.717, 1.165) is 22.3 Å². The quantitative estimate of drug-likeness (QED) is 0.367. The zero-order valence-electron chi connectivity index (χ0n) is 15.6. The summed E-state index contributed by atoms with van der Waals surface area (Å²) in [6.07, 6.45) is 2.89. The topological polar surface area (TPSA) is 70.4 Å². The summed E-state index contributed by atoms with van der Waals surface area (Å²) in [5.74, 6) is -0.0625. The summed E-state index contributed by atoms with van der Waals surface area (Å²) in [7, 11) is 0. The minimum absolute atomic E-state index is 0. The fraction of sp³-hybridized carbons (Fsp3) is 0.130. The van der Waals surface area contributed by atoms with E-state index in [-0.39, 0.29) is 31.6 Å². The number of aliphatic hydroxyl groups excluding tert-OH is 1. The van der Waals surface area contributed by atoms with E-state index in [0.29, 0.717) is 5.69 Å². The van der Waals surface area contributed by atoms with Crippen LogP contribution in [0.5, 0.6) is 0 Å². The van der Waals surface area contributed by atoms with Crippen LogP contribution in [0.25, 0.3) is 11.1 Å². The predicted octanol–water partition coefficient (Wildman–Crippen LogP) is 4.38. The summed E-state index contributed by atoms with van der Waals surface area (Å²) in [5.41, 5.74) is 3.47. The number of aromatic nitrogens is 1. The summed E-state index contributed by atoms with van der Waals surface area (Å²) < 4.78 is 0. The van der Waals surface area contributed by atoms with Crippen molar-refractivity contribution in [2.24, 2.45) is 0 Å². The van der Waals surface area contributed by atoms with Crippen LogP contribution in [0.4, 0.5) is 0 Å². The smallest absolute Gasteiger partial charge is 0.158 e. The van der Waals surface area contributed by atoms with Gasteiger partial charge in [0.15, 0.2) is 11.4 Å². The fourth-order valence-corrected chi connectivity index (χ4v) is 3.36. The number of nitrogens with zero attached hydrogens (tertiary/aromatic N) is 1. The molecule has 0 aliphatic heterocycles. The van der Waals surface area contributed by atoms with Crippen LogP contribution >= 0.6 is 0 Å². The Morgan fingerprint density at radius 1 is 0.893 bits per heavy atom. The Kier molecular flexibility index (Phi) is 7.03. The van der Waals surface area contributed by atoms with Crippen LogP contribution in [0.15, 0.2) is 84.8 Å². The zero-order valence-corrected chi connectivity index (χ0v) is 18.0. The maximum Gasteiger partial charge on any atom is 0.158 e. The summed E-state index contributed by atoms with van der Waals surface area (Å²) >= 11 is 0. The summed E-state index contributed by atoms with van der Waals surface area (Å²) in [5, 5.41) is 19.8. The number of hydrogen-bond acceptors (Lipinski definition) is 4. The van der Waals surface area contributed by atoms with E-state index in [4.69, 9.17) is 5.11 Å². The molecule has 0 saturated heterocycles. The van der Waals surface area contributed by atoms with Gasteiger partial charge < -0.3 is 10.2 Å². The molecule has 1 heterocycles. The molecule has 145 valence electrons. The molecule has 3 aromatic rings. The van der Waals surface area contributed by atoms with Crippen LogP contribution in [0.1, 0.15) is 30.7 Å². The van der Waals surface area contributed by atoms with E-state index in [1.165, 1.54) is 19.9 Å². The van der Waals surface area contributed by atoms with Crippen LogP contribution in [0.3, 0.4) is 0 Å². The third-order valence-corrected chi connectivity index (χ3v) is 4.37. The van der Waals surface area contributed by atoms with Crippen molar-refractivity contribution in [3.05, 3.63) is 102 Å². The first-order valence-corrected chi connectivity index (χ1v) is 8.65. The Bertz CT molecular complexity index is 950. The monoisotopic (exact) mass is 552 g/mol. The Balaban J connectivity index is 0.000000306. The third kappa shape index (κ3) is 4.12. The van der Waals surface area contributed by atoms with Gasteiger partial charge in [-0.05, 0) is 37.1 Å². The van der Waals surface area contributed by atoms with Gasteiger partial charge in [0.1, 0.15) is 0 Å². The minimum atomic E-state index is -1.16. The van der Waals surface area contributed by atoms with E-state index >= 15 is 0 Å². The van der Waals surface area contributed by atoms with Gasteiger partial charge in [-0.1, -0.05) is 54.6 Å². The van der Waals surface area contributed by atoms with E-state index in [2.05, 4.69) is 17.1 Å². The largest absolute Gasteiger partial charge is 0.512 e. The number of carbonyl (C=O) groups is 1. The standard InChI is InChI=1S/C18H13NO.C5H8O2.Ir/c20-18(17-11-5-6-12-19-17)15-9-3-1-7-13(15)14-8-2-4-10-16(14)18;1-4(6)3-5(2)7;/h1-12,20H;3,6H,1-2H3;/b;4-3-;. The van der Waals surface area contributed by atoms with Gasteiger partial charge in [0.05, 0.1) is 11.5 Å². The molecule has 4 nitrogen and oxygen atoms in total. The van der Waals surface area contributed by atoms with Crippen molar-refractivity contribution in [3.63, 3.8) is 0 Å². The van der Waals surface area contributed by atoms with Crippen molar-refractivity contribution in [2.45, 2.75) is 19.4 Å². The number of hydrogen-bond donors (Lipinski definition) is 2. The molecule has 2 N–H and O–H groups in total. The van der Waals surface area contributed by atoms with Gasteiger partial charge in [-0.25, -0.2) is 0 Å². The minimum Gasteiger partial charge on any atom is -0.512 e. The van der Waals surface area contributed by atoms with Crippen molar-refractivity contribution >= 4 is 5.78 Å². The second kappa shape index (κ2) is 9.07. The summed E-state index contributed by atoms with van der Waals surface area (Å²) in [6, 6.07) is 21.6. The molecule has 28 heavy (non-hydrogen) atoms. The number of aliphatic hydroxyl groups is 2.